The van der Waals surface area contributed by atoms with E-state index < -0.39 is 0 Å². The van der Waals surface area contributed by atoms with Crippen molar-refractivity contribution in [1.82, 2.24) is 0 Å². The molecule has 0 aromatic carbocycles. The van der Waals surface area contributed by atoms with Crippen molar-refractivity contribution in [3.63, 3.8) is 0 Å². The highest BCUT2D eigenvalue weighted by atomic mass is 16.6. The molecule has 2 heterocycles. The van der Waals surface area contributed by atoms with Gasteiger partial charge in [0.1, 0.15) is 0 Å². The van der Waals surface area contributed by atoms with E-state index in [1.165, 1.54) is 0 Å². The van der Waals surface area contributed by atoms with Crippen LogP contribution in [0.1, 0.15) is 53.4 Å². The topological polar surface area (TPSA) is 51.4 Å². The minimum Gasteiger partial charge on any atom is -0.465 e. The van der Waals surface area contributed by atoms with Gasteiger partial charge in [-0.25, -0.2) is 0 Å². The SMILES string of the molecule is C.C.O=C(OCC1CCC2OC2C1)C1CCC2OC2C1. The Morgan fingerprint density at radius 2 is 1.55 bits per heavy atom. The van der Waals surface area contributed by atoms with E-state index in [0.717, 1.165) is 38.5 Å². The molecule has 0 aromatic rings. The molecule has 0 radical (unpaired) electrons. The number of esters is 1. The van der Waals surface area contributed by atoms with Crippen LogP contribution in [0.2, 0.25) is 0 Å². The van der Waals surface area contributed by atoms with Gasteiger partial charge in [-0.15, -0.1) is 0 Å². The van der Waals surface area contributed by atoms with Gasteiger partial charge >= 0.3 is 5.97 Å². The Morgan fingerprint density at radius 1 is 0.900 bits per heavy atom. The van der Waals surface area contributed by atoms with Crippen LogP contribution in [0.5, 0.6) is 0 Å². The Kier molecular flexibility index (Phi) is 4.75. The van der Waals surface area contributed by atoms with Crippen LogP contribution in [0.15, 0.2) is 0 Å². The first-order valence-electron chi connectivity index (χ1n) is 7.27. The summed E-state index contributed by atoms with van der Waals surface area (Å²) in [4.78, 5) is 12.0. The Hall–Kier alpha value is -0.610. The third-order valence-corrected chi connectivity index (χ3v) is 4.91. The van der Waals surface area contributed by atoms with Crippen LogP contribution in [0.4, 0.5) is 0 Å². The summed E-state index contributed by atoms with van der Waals surface area (Å²) in [6.07, 6.45) is 8.03. The van der Waals surface area contributed by atoms with Gasteiger partial charge in [-0.3, -0.25) is 4.79 Å². The maximum Gasteiger partial charge on any atom is 0.309 e. The van der Waals surface area contributed by atoms with E-state index in [9.17, 15) is 4.79 Å². The number of hydrogen-bond acceptors (Lipinski definition) is 4. The molecule has 2 saturated heterocycles. The number of rotatable bonds is 3. The third kappa shape index (κ3) is 3.17. The van der Waals surface area contributed by atoms with Gasteiger partial charge in [-0.05, 0) is 44.4 Å². The molecule has 0 amide bonds. The molecule has 4 aliphatic rings. The van der Waals surface area contributed by atoms with Gasteiger partial charge in [0.05, 0.1) is 36.9 Å². The van der Waals surface area contributed by atoms with Gasteiger partial charge < -0.3 is 14.2 Å². The summed E-state index contributed by atoms with van der Waals surface area (Å²) in [5.74, 6) is 0.608. The largest absolute Gasteiger partial charge is 0.465 e. The van der Waals surface area contributed by atoms with Crippen LogP contribution in [0.3, 0.4) is 0 Å². The van der Waals surface area contributed by atoms with Crippen molar-refractivity contribution in [3.05, 3.63) is 0 Å². The maximum atomic E-state index is 12.0. The number of epoxide rings is 2. The highest BCUT2D eigenvalue weighted by Crippen LogP contribution is 2.41. The average molecular weight is 284 g/mol. The van der Waals surface area contributed by atoms with E-state index in [1.54, 1.807) is 0 Å². The van der Waals surface area contributed by atoms with Crippen LogP contribution in [-0.2, 0) is 19.0 Å². The standard InChI is InChI=1S/C14H20O4.2CH4/c15-14(9-2-4-11-13(6-9)18-11)16-7-8-1-3-10-12(5-8)17-10;;/h8-13H,1-7H2;2*1H4. The molecule has 2 saturated carbocycles. The molecular formula is C16H28O4. The number of hydrogen-bond donors (Lipinski definition) is 0. The van der Waals surface area contributed by atoms with E-state index in [2.05, 4.69) is 0 Å². The van der Waals surface area contributed by atoms with Crippen LogP contribution in [-0.4, -0.2) is 37.0 Å². The van der Waals surface area contributed by atoms with Gasteiger partial charge in [-0.2, -0.15) is 0 Å². The van der Waals surface area contributed by atoms with Crippen LogP contribution < -0.4 is 0 Å². The van der Waals surface area contributed by atoms with Gasteiger partial charge in [0.2, 0.25) is 0 Å². The fourth-order valence-electron chi connectivity index (χ4n) is 3.57. The highest BCUT2D eigenvalue weighted by molar-refractivity contribution is 5.72. The summed E-state index contributed by atoms with van der Waals surface area (Å²) < 4.78 is 16.4. The number of carbonyl (C=O) groups excluding carboxylic acids is 1. The second-order valence-electron chi connectivity index (χ2n) is 6.25. The quantitative estimate of drug-likeness (QED) is 0.590. The lowest BCUT2D eigenvalue weighted by atomic mass is 9.89. The minimum atomic E-state index is 0. The minimum absolute atomic E-state index is 0. The summed E-state index contributed by atoms with van der Waals surface area (Å²) in [6.45, 7) is 0.594. The summed E-state index contributed by atoms with van der Waals surface area (Å²) in [5, 5.41) is 0. The van der Waals surface area contributed by atoms with Gasteiger partial charge in [0.15, 0.2) is 0 Å². The lowest BCUT2D eigenvalue weighted by Gasteiger charge is -2.21. The van der Waals surface area contributed by atoms with E-state index in [4.69, 9.17) is 14.2 Å². The molecule has 0 bridgehead atoms. The van der Waals surface area contributed by atoms with E-state index in [-0.39, 0.29) is 26.7 Å². The van der Waals surface area contributed by atoms with Gasteiger partial charge in [-0.1, -0.05) is 14.9 Å². The third-order valence-electron chi connectivity index (χ3n) is 4.91. The van der Waals surface area contributed by atoms with Crippen molar-refractivity contribution in [2.75, 3.05) is 6.61 Å². The molecule has 0 N–H and O–H groups in total. The zero-order chi connectivity index (χ0) is 12.1. The Morgan fingerprint density at radius 3 is 2.20 bits per heavy atom. The first kappa shape index (κ1) is 15.8. The van der Waals surface area contributed by atoms with Gasteiger partial charge in [0.25, 0.3) is 0 Å². The fourth-order valence-corrected chi connectivity index (χ4v) is 3.57. The summed E-state index contributed by atoms with van der Waals surface area (Å²) >= 11 is 0. The predicted octanol–water partition coefficient (Wildman–Crippen LogP) is 2.94. The van der Waals surface area contributed by atoms with Crippen LogP contribution in [0.25, 0.3) is 0 Å². The monoisotopic (exact) mass is 284 g/mol. The molecule has 20 heavy (non-hydrogen) atoms. The summed E-state index contributed by atoms with van der Waals surface area (Å²) in [5.41, 5.74) is 0. The zero-order valence-corrected chi connectivity index (χ0v) is 10.5. The lowest BCUT2D eigenvalue weighted by Crippen LogP contribution is -2.27. The molecule has 4 fully saturated rings. The van der Waals surface area contributed by atoms with Gasteiger partial charge in [0, 0.05) is 0 Å². The molecule has 6 atom stereocenters. The second-order valence-corrected chi connectivity index (χ2v) is 6.25. The van der Waals surface area contributed by atoms with Crippen molar-refractivity contribution in [1.29, 1.82) is 0 Å². The zero-order valence-electron chi connectivity index (χ0n) is 10.5. The van der Waals surface area contributed by atoms with E-state index in [1.807, 2.05) is 0 Å². The molecule has 4 heteroatoms. The molecule has 0 spiro atoms. The molecule has 4 nitrogen and oxygen atoms in total. The van der Waals surface area contributed by atoms with Crippen LogP contribution >= 0.6 is 0 Å². The number of ether oxygens (including phenoxy) is 3. The van der Waals surface area contributed by atoms with Crippen molar-refractivity contribution >= 4 is 5.97 Å². The van der Waals surface area contributed by atoms with E-state index >= 15 is 0 Å². The Labute approximate surface area is 122 Å². The first-order valence-corrected chi connectivity index (χ1v) is 7.27. The summed E-state index contributed by atoms with van der Waals surface area (Å²) in [7, 11) is 0. The van der Waals surface area contributed by atoms with Crippen molar-refractivity contribution in [2.45, 2.75) is 77.8 Å². The molecule has 4 rings (SSSR count). The van der Waals surface area contributed by atoms with Crippen LogP contribution in [0, 0.1) is 11.8 Å². The summed E-state index contributed by atoms with van der Waals surface area (Å²) in [6, 6.07) is 0. The lowest BCUT2D eigenvalue weighted by molar-refractivity contribution is -0.151. The van der Waals surface area contributed by atoms with E-state index in [0.29, 0.717) is 36.9 Å². The number of fused-ring (bicyclic) bond motifs is 2. The van der Waals surface area contributed by atoms with Crippen molar-refractivity contribution in [3.8, 4) is 0 Å². The maximum absolute atomic E-state index is 12.0. The molecule has 2 aliphatic carbocycles. The van der Waals surface area contributed by atoms with Crippen molar-refractivity contribution in [2.24, 2.45) is 11.8 Å². The van der Waals surface area contributed by atoms with Crippen molar-refractivity contribution < 1.29 is 19.0 Å². The smallest absolute Gasteiger partial charge is 0.309 e. The molecule has 2 aliphatic heterocycles. The molecule has 6 unspecified atom stereocenters. The Bertz CT molecular complexity index is 356. The number of carbonyl (C=O) groups is 1. The Balaban J connectivity index is 0.000000735. The molecular weight excluding hydrogens is 256 g/mol. The first-order chi connectivity index (χ1) is 8.79. The second kappa shape index (κ2) is 6.02. The molecule has 116 valence electrons. The fraction of sp³-hybridized carbons (Fsp3) is 0.938. The molecule has 0 aromatic heterocycles. The highest BCUT2D eigenvalue weighted by Gasteiger charge is 2.47. The predicted molar refractivity (Wildman–Crippen MR) is 76.4 cm³/mol. The average Bonchev–Trinajstić information content (AvgIpc) is 3.26. The normalized spacial score (nSPS) is 44.0.